The maximum absolute atomic E-state index is 12.6. The van der Waals surface area contributed by atoms with Crippen LogP contribution in [0.4, 0.5) is 11.4 Å². The minimum atomic E-state index is -0.512. The molecule has 0 bridgehead atoms. The molecule has 31 heavy (non-hydrogen) atoms. The van der Waals surface area contributed by atoms with Gasteiger partial charge in [-0.2, -0.15) is 5.26 Å². The third-order valence-electron chi connectivity index (χ3n) is 4.52. The van der Waals surface area contributed by atoms with Crippen LogP contribution >= 0.6 is 0 Å². The summed E-state index contributed by atoms with van der Waals surface area (Å²) < 4.78 is 5.83. The van der Waals surface area contributed by atoms with E-state index in [2.05, 4.69) is 5.32 Å². The molecule has 1 N–H and O–H groups in total. The number of non-ortho nitro benzene ring substituents is 1. The van der Waals surface area contributed by atoms with E-state index in [4.69, 9.17) is 4.74 Å². The number of aryl methyl sites for hydroxylation is 1. The van der Waals surface area contributed by atoms with E-state index in [0.29, 0.717) is 17.0 Å². The van der Waals surface area contributed by atoms with Crippen molar-refractivity contribution in [2.75, 3.05) is 5.32 Å². The molecule has 154 valence electrons. The number of nitrogens with zero attached hydrogens (tertiary/aromatic N) is 2. The van der Waals surface area contributed by atoms with E-state index in [1.165, 1.54) is 18.2 Å². The Labute approximate surface area is 179 Å². The molecule has 0 fully saturated rings. The topological polar surface area (TPSA) is 105 Å². The molecule has 0 radical (unpaired) electrons. The minimum Gasteiger partial charge on any atom is -0.488 e. The van der Waals surface area contributed by atoms with E-state index in [1.807, 2.05) is 25.1 Å². The average Bonchev–Trinajstić information content (AvgIpc) is 2.78. The second-order valence-electron chi connectivity index (χ2n) is 6.69. The molecular formula is C24H19N3O4. The summed E-state index contributed by atoms with van der Waals surface area (Å²) in [7, 11) is 0. The Kier molecular flexibility index (Phi) is 6.76. The van der Waals surface area contributed by atoms with Crippen LogP contribution in [0, 0.1) is 28.4 Å². The fraction of sp³-hybridized carbons (Fsp3) is 0.0833. The largest absolute Gasteiger partial charge is 0.488 e. The van der Waals surface area contributed by atoms with Crippen LogP contribution in [0.25, 0.3) is 6.08 Å². The molecule has 3 rings (SSSR count). The Hall–Kier alpha value is -4.44. The first-order valence-corrected chi connectivity index (χ1v) is 9.42. The van der Waals surface area contributed by atoms with Crippen molar-refractivity contribution < 1.29 is 14.5 Å². The van der Waals surface area contributed by atoms with Gasteiger partial charge in [0.2, 0.25) is 0 Å². The maximum atomic E-state index is 12.6. The Morgan fingerprint density at radius 3 is 2.45 bits per heavy atom. The van der Waals surface area contributed by atoms with Crippen LogP contribution in [0.3, 0.4) is 0 Å². The summed E-state index contributed by atoms with van der Waals surface area (Å²) in [5.41, 5.74) is 2.79. The van der Waals surface area contributed by atoms with Crippen LogP contribution < -0.4 is 10.1 Å². The first-order chi connectivity index (χ1) is 15.0. The maximum Gasteiger partial charge on any atom is 0.269 e. The van der Waals surface area contributed by atoms with Crippen LogP contribution in [0.1, 0.15) is 16.7 Å². The van der Waals surface area contributed by atoms with Crippen molar-refractivity contribution in [2.24, 2.45) is 0 Å². The van der Waals surface area contributed by atoms with Crippen LogP contribution in [0.2, 0.25) is 0 Å². The Morgan fingerprint density at radius 1 is 1.10 bits per heavy atom. The number of nitro groups is 1. The molecule has 0 aliphatic rings. The summed E-state index contributed by atoms with van der Waals surface area (Å²) in [6.45, 7) is 2.05. The average molecular weight is 413 g/mol. The van der Waals surface area contributed by atoms with Gasteiger partial charge in [0.15, 0.2) is 0 Å². The number of nitro benzene ring substituents is 1. The van der Waals surface area contributed by atoms with Gasteiger partial charge in [-0.1, -0.05) is 36.4 Å². The molecule has 7 nitrogen and oxygen atoms in total. The number of para-hydroxylation sites is 2. The minimum absolute atomic E-state index is 0.00501. The summed E-state index contributed by atoms with van der Waals surface area (Å²) in [5.74, 6) is -0.0285. The lowest BCUT2D eigenvalue weighted by molar-refractivity contribution is -0.384. The van der Waals surface area contributed by atoms with Gasteiger partial charge in [0.25, 0.3) is 11.6 Å². The molecule has 1 amide bonds. The molecule has 0 saturated heterocycles. The van der Waals surface area contributed by atoms with E-state index < -0.39 is 10.8 Å². The Balaban J connectivity index is 1.77. The summed E-state index contributed by atoms with van der Waals surface area (Å²) in [4.78, 5) is 22.9. The SMILES string of the molecule is Cc1ccccc1NC(=O)/C(C#N)=C/c1ccccc1OCc1ccc([N+](=O)[O-])cc1. The first kappa shape index (κ1) is 21.3. The second-order valence-corrected chi connectivity index (χ2v) is 6.69. The zero-order chi connectivity index (χ0) is 22.2. The van der Waals surface area contributed by atoms with Crippen LogP contribution in [0.15, 0.2) is 78.4 Å². The normalized spacial score (nSPS) is 10.8. The quantitative estimate of drug-likeness (QED) is 0.253. The Morgan fingerprint density at radius 2 is 1.77 bits per heavy atom. The lowest BCUT2D eigenvalue weighted by atomic mass is 10.1. The third-order valence-corrected chi connectivity index (χ3v) is 4.52. The smallest absolute Gasteiger partial charge is 0.269 e. The van der Waals surface area contributed by atoms with Gasteiger partial charge in [0.05, 0.1) is 4.92 Å². The lowest BCUT2D eigenvalue weighted by Crippen LogP contribution is -2.14. The molecule has 0 aliphatic heterocycles. The second kappa shape index (κ2) is 9.85. The van der Waals surface area contributed by atoms with Gasteiger partial charge in [0.1, 0.15) is 24.0 Å². The number of amides is 1. The van der Waals surface area contributed by atoms with Gasteiger partial charge in [-0.3, -0.25) is 14.9 Å². The van der Waals surface area contributed by atoms with Gasteiger partial charge in [-0.15, -0.1) is 0 Å². The number of nitrogens with one attached hydrogen (secondary N) is 1. The number of hydrogen-bond donors (Lipinski definition) is 1. The fourth-order valence-corrected chi connectivity index (χ4v) is 2.81. The predicted molar refractivity (Wildman–Crippen MR) is 117 cm³/mol. The number of hydrogen-bond acceptors (Lipinski definition) is 5. The molecular weight excluding hydrogens is 394 g/mol. The van der Waals surface area contributed by atoms with Crippen LogP contribution in [0.5, 0.6) is 5.75 Å². The predicted octanol–water partition coefficient (Wildman–Crippen LogP) is 5.03. The Bertz CT molecular complexity index is 1180. The number of benzene rings is 3. The molecule has 3 aromatic rings. The van der Waals surface area contributed by atoms with Crippen molar-refractivity contribution in [3.63, 3.8) is 0 Å². The van der Waals surface area contributed by atoms with Crippen LogP contribution in [-0.2, 0) is 11.4 Å². The van der Waals surface area contributed by atoms with Crippen LogP contribution in [-0.4, -0.2) is 10.8 Å². The van der Waals surface area contributed by atoms with Gasteiger partial charge in [-0.25, -0.2) is 0 Å². The summed E-state index contributed by atoms with van der Waals surface area (Å²) >= 11 is 0. The van der Waals surface area contributed by atoms with Crippen molar-refractivity contribution in [1.82, 2.24) is 0 Å². The highest BCUT2D eigenvalue weighted by Gasteiger charge is 2.12. The summed E-state index contributed by atoms with van der Waals surface area (Å²) in [5, 5.41) is 23.0. The molecule has 0 atom stereocenters. The summed E-state index contributed by atoms with van der Waals surface area (Å²) in [6.07, 6.45) is 1.47. The lowest BCUT2D eigenvalue weighted by Gasteiger charge is -2.10. The number of ether oxygens (including phenoxy) is 1. The monoisotopic (exact) mass is 413 g/mol. The number of carbonyl (C=O) groups is 1. The number of rotatable bonds is 7. The fourth-order valence-electron chi connectivity index (χ4n) is 2.81. The highest BCUT2D eigenvalue weighted by Crippen LogP contribution is 2.23. The van der Waals surface area contributed by atoms with E-state index >= 15 is 0 Å². The first-order valence-electron chi connectivity index (χ1n) is 9.42. The van der Waals surface area contributed by atoms with Gasteiger partial charge in [-0.05, 0) is 48.4 Å². The van der Waals surface area contributed by atoms with Gasteiger partial charge in [0, 0.05) is 23.4 Å². The van der Waals surface area contributed by atoms with Gasteiger partial charge < -0.3 is 10.1 Å². The summed E-state index contributed by atoms with van der Waals surface area (Å²) in [6, 6.07) is 22.3. The van der Waals surface area contributed by atoms with E-state index in [1.54, 1.807) is 48.5 Å². The number of nitriles is 1. The number of anilines is 1. The zero-order valence-electron chi connectivity index (χ0n) is 16.7. The third kappa shape index (κ3) is 5.55. The zero-order valence-corrected chi connectivity index (χ0v) is 16.7. The highest BCUT2D eigenvalue weighted by atomic mass is 16.6. The molecule has 3 aromatic carbocycles. The van der Waals surface area contributed by atoms with Gasteiger partial charge >= 0.3 is 0 Å². The van der Waals surface area contributed by atoms with Crippen molar-refractivity contribution in [2.45, 2.75) is 13.5 Å². The molecule has 0 saturated carbocycles. The molecule has 0 unspecified atom stereocenters. The highest BCUT2D eigenvalue weighted by molar-refractivity contribution is 6.10. The van der Waals surface area contributed by atoms with Crippen molar-refractivity contribution in [3.05, 3.63) is 105 Å². The molecule has 0 spiro atoms. The molecule has 7 heteroatoms. The van der Waals surface area contributed by atoms with Crippen molar-refractivity contribution in [1.29, 1.82) is 5.26 Å². The van der Waals surface area contributed by atoms with E-state index in [9.17, 15) is 20.2 Å². The van der Waals surface area contributed by atoms with E-state index in [-0.39, 0.29) is 17.9 Å². The van der Waals surface area contributed by atoms with Crippen molar-refractivity contribution >= 4 is 23.4 Å². The molecule has 0 heterocycles. The van der Waals surface area contributed by atoms with E-state index in [0.717, 1.165) is 11.1 Å². The number of carbonyl (C=O) groups excluding carboxylic acids is 1. The molecule has 0 aromatic heterocycles. The van der Waals surface area contributed by atoms with Crippen molar-refractivity contribution in [3.8, 4) is 11.8 Å². The standard InChI is InChI=1S/C24H19N3O4/c1-17-6-2-4-8-22(17)26-24(28)20(15-25)14-19-7-3-5-9-23(19)31-16-18-10-12-21(13-11-18)27(29)30/h2-14H,16H2,1H3,(H,26,28)/b20-14+. The molecule has 0 aliphatic carbocycles.